The molecule has 0 radical (unpaired) electrons. The van der Waals surface area contributed by atoms with E-state index in [1.54, 1.807) is 0 Å². The summed E-state index contributed by atoms with van der Waals surface area (Å²) in [6, 6.07) is 19.5. The van der Waals surface area contributed by atoms with Crippen LogP contribution in [0, 0.1) is 6.92 Å². The van der Waals surface area contributed by atoms with E-state index >= 15 is 0 Å². The normalized spacial score (nSPS) is 12.8. The fourth-order valence-corrected chi connectivity index (χ4v) is 3.57. The van der Waals surface area contributed by atoms with E-state index in [0.29, 0.717) is 5.92 Å². The van der Waals surface area contributed by atoms with Crippen LogP contribution < -0.4 is 0 Å². The third-order valence-electron chi connectivity index (χ3n) is 4.77. The Morgan fingerprint density at radius 2 is 1.74 bits per heavy atom. The summed E-state index contributed by atoms with van der Waals surface area (Å²) in [4.78, 5) is 4.67. The predicted octanol–water partition coefficient (Wildman–Crippen LogP) is 5.19. The summed E-state index contributed by atoms with van der Waals surface area (Å²) in [5, 5.41) is 2.58. The van der Waals surface area contributed by atoms with E-state index < -0.39 is 0 Å². The molecule has 2 aromatic heterocycles. The molecule has 4 rings (SSSR count). The van der Waals surface area contributed by atoms with E-state index in [2.05, 4.69) is 91.2 Å². The SMILES string of the molecule is Cc1cc(C(C)c2cccc3c2ccn3C)c2ccccc2n1. The van der Waals surface area contributed by atoms with Gasteiger partial charge in [0.2, 0.25) is 0 Å². The second-order valence-electron chi connectivity index (χ2n) is 6.30. The molecule has 0 spiro atoms. The zero-order valence-electron chi connectivity index (χ0n) is 13.7. The van der Waals surface area contributed by atoms with Crippen LogP contribution in [0.3, 0.4) is 0 Å². The van der Waals surface area contributed by atoms with Crippen LogP contribution in [0.1, 0.15) is 29.7 Å². The summed E-state index contributed by atoms with van der Waals surface area (Å²) >= 11 is 0. The lowest BCUT2D eigenvalue weighted by molar-refractivity contribution is 0.934. The van der Waals surface area contributed by atoms with Gasteiger partial charge in [0.15, 0.2) is 0 Å². The van der Waals surface area contributed by atoms with Crippen LogP contribution in [0.15, 0.2) is 60.8 Å². The topological polar surface area (TPSA) is 17.8 Å². The highest BCUT2D eigenvalue weighted by molar-refractivity contribution is 5.87. The van der Waals surface area contributed by atoms with Crippen LogP contribution in [0.25, 0.3) is 21.8 Å². The number of benzene rings is 2. The monoisotopic (exact) mass is 300 g/mol. The number of hydrogen-bond acceptors (Lipinski definition) is 1. The van der Waals surface area contributed by atoms with Crippen LogP contribution in [-0.2, 0) is 7.05 Å². The molecule has 0 N–H and O–H groups in total. The molecule has 4 aromatic rings. The minimum Gasteiger partial charge on any atom is -0.351 e. The Kier molecular flexibility index (Phi) is 3.19. The second kappa shape index (κ2) is 5.24. The van der Waals surface area contributed by atoms with Crippen LogP contribution >= 0.6 is 0 Å². The molecule has 0 aliphatic heterocycles. The Morgan fingerprint density at radius 3 is 2.61 bits per heavy atom. The Hall–Kier alpha value is -2.61. The van der Waals surface area contributed by atoms with Gasteiger partial charge in [-0.3, -0.25) is 4.98 Å². The molecule has 1 atom stereocenters. The number of rotatable bonds is 2. The van der Waals surface area contributed by atoms with E-state index in [4.69, 9.17) is 0 Å². The van der Waals surface area contributed by atoms with Gasteiger partial charge < -0.3 is 4.57 Å². The Bertz CT molecular complexity index is 1010. The largest absolute Gasteiger partial charge is 0.351 e. The molecular weight excluding hydrogens is 280 g/mol. The number of para-hydroxylation sites is 1. The van der Waals surface area contributed by atoms with Crippen molar-refractivity contribution in [2.24, 2.45) is 7.05 Å². The highest BCUT2D eigenvalue weighted by Gasteiger charge is 2.16. The van der Waals surface area contributed by atoms with Gasteiger partial charge in [-0.25, -0.2) is 0 Å². The molecule has 2 aromatic carbocycles. The molecule has 0 fully saturated rings. The molecule has 2 heteroatoms. The second-order valence-corrected chi connectivity index (χ2v) is 6.30. The number of nitrogens with zero attached hydrogens (tertiary/aromatic N) is 2. The van der Waals surface area contributed by atoms with Crippen LogP contribution in [0.2, 0.25) is 0 Å². The van der Waals surface area contributed by atoms with Gasteiger partial charge in [-0.05, 0) is 42.3 Å². The summed E-state index contributed by atoms with van der Waals surface area (Å²) < 4.78 is 2.18. The minimum absolute atomic E-state index is 0.327. The lowest BCUT2D eigenvalue weighted by atomic mass is 9.88. The summed E-state index contributed by atoms with van der Waals surface area (Å²) in [6.45, 7) is 4.37. The first kappa shape index (κ1) is 14.0. The van der Waals surface area contributed by atoms with E-state index in [0.717, 1.165) is 11.2 Å². The van der Waals surface area contributed by atoms with Gasteiger partial charge in [0.05, 0.1) is 5.52 Å². The number of fused-ring (bicyclic) bond motifs is 2. The maximum atomic E-state index is 4.67. The van der Waals surface area contributed by atoms with E-state index in [9.17, 15) is 0 Å². The molecule has 0 saturated carbocycles. The fraction of sp³-hybridized carbons (Fsp3) is 0.190. The van der Waals surface area contributed by atoms with Crippen molar-refractivity contribution in [3.63, 3.8) is 0 Å². The molecule has 0 saturated heterocycles. The molecule has 114 valence electrons. The van der Waals surface area contributed by atoms with Crippen molar-refractivity contribution in [3.8, 4) is 0 Å². The van der Waals surface area contributed by atoms with Crippen LogP contribution in [0.4, 0.5) is 0 Å². The molecule has 0 aliphatic rings. The van der Waals surface area contributed by atoms with Crippen LogP contribution in [-0.4, -0.2) is 9.55 Å². The molecule has 2 heterocycles. The van der Waals surface area contributed by atoms with Crippen molar-refractivity contribution in [1.29, 1.82) is 0 Å². The van der Waals surface area contributed by atoms with Crippen molar-refractivity contribution >= 4 is 21.8 Å². The van der Waals surface area contributed by atoms with Gasteiger partial charge in [-0.1, -0.05) is 37.3 Å². The zero-order valence-corrected chi connectivity index (χ0v) is 13.7. The van der Waals surface area contributed by atoms with E-state index in [1.165, 1.54) is 27.4 Å². The standard InChI is InChI=1S/C21H20N2/c1-14-13-19(17-7-4-5-9-20(17)22-14)15(2)16-8-6-10-21-18(16)11-12-23(21)3/h4-13,15H,1-3H3. The summed E-state index contributed by atoms with van der Waals surface area (Å²) in [7, 11) is 2.10. The highest BCUT2D eigenvalue weighted by atomic mass is 14.9. The first-order chi connectivity index (χ1) is 11.1. The van der Waals surface area contributed by atoms with Gasteiger partial charge in [0.25, 0.3) is 0 Å². The lowest BCUT2D eigenvalue weighted by Gasteiger charge is -2.17. The Balaban J connectivity index is 1.97. The molecule has 1 unspecified atom stereocenters. The lowest BCUT2D eigenvalue weighted by Crippen LogP contribution is -2.00. The molecule has 23 heavy (non-hydrogen) atoms. The minimum atomic E-state index is 0.327. The average Bonchev–Trinajstić information content (AvgIpc) is 2.95. The first-order valence-electron chi connectivity index (χ1n) is 8.05. The smallest absolute Gasteiger partial charge is 0.0708 e. The third-order valence-corrected chi connectivity index (χ3v) is 4.77. The van der Waals surface area contributed by atoms with Gasteiger partial charge >= 0.3 is 0 Å². The van der Waals surface area contributed by atoms with Crippen molar-refractivity contribution in [2.45, 2.75) is 19.8 Å². The number of hydrogen-bond donors (Lipinski definition) is 0. The van der Waals surface area contributed by atoms with Gasteiger partial charge in [0.1, 0.15) is 0 Å². The van der Waals surface area contributed by atoms with Crippen molar-refractivity contribution in [2.75, 3.05) is 0 Å². The van der Waals surface area contributed by atoms with Crippen molar-refractivity contribution in [1.82, 2.24) is 9.55 Å². The predicted molar refractivity (Wildman–Crippen MR) is 96.9 cm³/mol. The zero-order chi connectivity index (χ0) is 16.0. The quantitative estimate of drug-likeness (QED) is 0.498. The maximum Gasteiger partial charge on any atom is 0.0708 e. The van der Waals surface area contributed by atoms with Gasteiger partial charge in [0, 0.05) is 41.1 Å². The van der Waals surface area contributed by atoms with Crippen molar-refractivity contribution in [3.05, 3.63) is 77.6 Å². The summed E-state index contributed by atoms with van der Waals surface area (Å²) in [6.07, 6.45) is 2.14. The highest BCUT2D eigenvalue weighted by Crippen LogP contribution is 2.34. The first-order valence-corrected chi connectivity index (χ1v) is 8.05. The van der Waals surface area contributed by atoms with Gasteiger partial charge in [-0.15, -0.1) is 0 Å². The number of pyridine rings is 1. The van der Waals surface area contributed by atoms with Crippen LogP contribution in [0.5, 0.6) is 0 Å². The molecule has 0 amide bonds. The summed E-state index contributed by atoms with van der Waals surface area (Å²) in [5.74, 6) is 0.327. The average molecular weight is 300 g/mol. The maximum absolute atomic E-state index is 4.67. The van der Waals surface area contributed by atoms with E-state index in [1.807, 2.05) is 0 Å². The fourth-order valence-electron chi connectivity index (χ4n) is 3.57. The number of aromatic nitrogens is 2. The third kappa shape index (κ3) is 2.22. The van der Waals surface area contributed by atoms with Gasteiger partial charge in [-0.2, -0.15) is 0 Å². The molecule has 0 aliphatic carbocycles. The van der Waals surface area contributed by atoms with Crippen molar-refractivity contribution < 1.29 is 0 Å². The molecule has 0 bridgehead atoms. The van der Waals surface area contributed by atoms with E-state index in [-0.39, 0.29) is 0 Å². The molecular formula is C21H20N2. The number of aryl methyl sites for hydroxylation is 2. The molecule has 2 nitrogen and oxygen atoms in total. The summed E-state index contributed by atoms with van der Waals surface area (Å²) in [5.41, 5.74) is 6.16. The Morgan fingerprint density at radius 1 is 0.913 bits per heavy atom. The Labute approximate surface area is 136 Å².